The Morgan fingerprint density at radius 1 is 1.44 bits per heavy atom. The van der Waals surface area contributed by atoms with Gasteiger partial charge in [0.25, 0.3) is 0 Å². The van der Waals surface area contributed by atoms with Crippen molar-refractivity contribution >= 4 is 12.2 Å². The molecule has 0 aliphatic carbocycles. The fourth-order valence-corrected chi connectivity index (χ4v) is 1.58. The van der Waals surface area contributed by atoms with Gasteiger partial charge in [0.2, 0.25) is 5.91 Å². The van der Waals surface area contributed by atoms with Crippen LogP contribution in [0, 0.1) is 0 Å². The smallest absolute Gasteiger partial charge is 0.349 e. The van der Waals surface area contributed by atoms with Gasteiger partial charge in [0.1, 0.15) is 6.29 Å². The van der Waals surface area contributed by atoms with Crippen LogP contribution in [-0.2, 0) is 4.79 Å². The lowest BCUT2D eigenvalue weighted by molar-refractivity contribution is -0.142. The maximum absolute atomic E-state index is 12.4. The highest BCUT2D eigenvalue weighted by Gasteiger charge is 2.33. The Kier molecular flexibility index (Phi) is 4.47. The highest BCUT2D eigenvalue weighted by molar-refractivity contribution is 5.76. The van der Waals surface area contributed by atoms with Gasteiger partial charge >= 0.3 is 6.18 Å². The quantitative estimate of drug-likeness (QED) is 0.845. The standard InChI is InChI=1S/C12H12F3NO2/c1-8(18)16-11(6-12(13,14)15)10-4-2-3-9(5-10)7-17/h2-5,7,11H,6H2,1H3,(H,16,18). The van der Waals surface area contributed by atoms with Gasteiger partial charge in [-0.1, -0.05) is 18.2 Å². The van der Waals surface area contributed by atoms with Gasteiger partial charge in [-0.05, 0) is 11.6 Å². The summed E-state index contributed by atoms with van der Waals surface area (Å²) >= 11 is 0. The van der Waals surface area contributed by atoms with Crippen molar-refractivity contribution in [1.82, 2.24) is 5.32 Å². The third kappa shape index (κ3) is 4.57. The van der Waals surface area contributed by atoms with Crippen LogP contribution in [0.3, 0.4) is 0 Å². The highest BCUT2D eigenvalue weighted by Crippen LogP contribution is 2.29. The molecule has 0 radical (unpaired) electrons. The van der Waals surface area contributed by atoms with Crippen LogP contribution >= 0.6 is 0 Å². The second-order valence-corrected chi connectivity index (χ2v) is 3.86. The van der Waals surface area contributed by atoms with E-state index in [1.165, 1.54) is 24.3 Å². The van der Waals surface area contributed by atoms with Gasteiger partial charge in [0.05, 0.1) is 12.5 Å². The van der Waals surface area contributed by atoms with Crippen molar-refractivity contribution in [1.29, 1.82) is 0 Å². The molecular formula is C12H12F3NO2. The van der Waals surface area contributed by atoms with Gasteiger partial charge in [-0.2, -0.15) is 13.2 Å². The SMILES string of the molecule is CC(=O)NC(CC(F)(F)F)c1cccc(C=O)c1. The molecule has 0 aromatic heterocycles. The fourth-order valence-electron chi connectivity index (χ4n) is 1.58. The first kappa shape index (κ1) is 14.2. The lowest BCUT2D eigenvalue weighted by atomic mass is 10.0. The van der Waals surface area contributed by atoms with Crippen molar-refractivity contribution in [2.75, 3.05) is 0 Å². The Morgan fingerprint density at radius 2 is 2.11 bits per heavy atom. The third-order valence-electron chi connectivity index (χ3n) is 2.26. The molecule has 1 amide bonds. The van der Waals surface area contributed by atoms with Crippen molar-refractivity contribution in [3.63, 3.8) is 0 Å². The average molecular weight is 259 g/mol. The number of rotatable bonds is 4. The molecule has 0 fully saturated rings. The van der Waals surface area contributed by atoms with Crippen LogP contribution in [-0.4, -0.2) is 18.4 Å². The van der Waals surface area contributed by atoms with Crippen LogP contribution in [0.2, 0.25) is 0 Å². The summed E-state index contributed by atoms with van der Waals surface area (Å²) in [7, 11) is 0. The van der Waals surface area contributed by atoms with E-state index in [1.807, 2.05) is 0 Å². The van der Waals surface area contributed by atoms with E-state index < -0.39 is 24.5 Å². The number of halogens is 3. The molecule has 1 aromatic carbocycles. The molecule has 1 N–H and O–H groups in total. The van der Waals surface area contributed by atoms with E-state index >= 15 is 0 Å². The zero-order valence-corrected chi connectivity index (χ0v) is 9.62. The molecule has 0 saturated carbocycles. The Morgan fingerprint density at radius 3 is 2.61 bits per heavy atom. The van der Waals surface area contributed by atoms with E-state index in [9.17, 15) is 22.8 Å². The number of alkyl halides is 3. The summed E-state index contributed by atoms with van der Waals surface area (Å²) in [6.07, 6.45) is -5.03. The summed E-state index contributed by atoms with van der Waals surface area (Å²) < 4.78 is 37.2. The van der Waals surface area contributed by atoms with Crippen molar-refractivity contribution in [3.8, 4) is 0 Å². The summed E-state index contributed by atoms with van der Waals surface area (Å²) in [5, 5.41) is 2.23. The minimum Gasteiger partial charge on any atom is -0.349 e. The van der Waals surface area contributed by atoms with Gasteiger partial charge in [0.15, 0.2) is 0 Å². The van der Waals surface area contributed by atoms with Gasteiger partial charge in [-0.25, -0.2) is 0 Å². The highest BCUT2D eigenvalue weighted by atomic mass is 19.4. The maximum atomic E-state index is 12.4. The molecular weight excluding hydrogens is 247 g/mol. The first-order chi connectivity index (χ1) is 8.31. The first-order valence-corrected chi connectivity index (χ1v) is 5.21. The normalized spacial score (nSPS) is 12.9. The van der Waals surface area contributed by atoms with Gasteiger partial charge in [-0.3, -0.25) is 9.59 Å². The number of hydrogen-bond acceptors (Lipinski definition) is 2. The lowest BCUT2D eigenvalue weighted by Crippen LogP contribution is -2.30. The zero-order chi connectivity index (χ0) is 13.8. The molecule has 1 unspecified atom stereocenters. The summed E-state index contributed by atoms with van der Waals surface area (Å²) in [6.45, 7) is 1.15. The number of amides is 1. The van der Waals surface area contributed by atoms with Crippen molar-refractivity contribution < 1.29 is 22.8 Å². The molecule has 3 nitrogen and oxygen atoms in total. The molecule has 0 heterocycles. The second-order valence-electron chi connectivity index (χ2n) is 3.86. The number of nitrogens with one attached hydrogen (secondary N) is 1. The molecule has 0 aliphatic heterocycles. The average Bonchev–Trinajstić information content (AvgIpc) is 2.26. The minimum absolute atomic E-state index is 0.257. The van der Waals surface area contributed by atoms with Gasteiger partial charge in [0, 0.05) is 12.5 Å². The predicted octanol–water partition coefficient (Wildman–Crippen LogP) is 2.63. The van der Waals surface area contributed by atoms with Crippen LogP contribution < -0.4 is 5.32 Å². The van der Waals surface area contributed by atoms with E-state index in [-0.39, 0.29) is 11.1 Å². The summed E-state index contributed by atoms with van der Waals surface area (Å²) in [6, 6.07) is 4.56. The predicted molar refractivity (Wildman–Crippen MR) is 59.1 cm³/mol. The second kappa shape index (κ2) is 5.66. The molecule has 0 bridgehead atoms. The largest absolute Gasteiger partial charge is 0.391 e. The van der Waals surface area contributed by atoms with Crippen molar-refractivity contribution in [2.24, 2.45) is 0 Å². The van der Waals surface area contributed by atoms with Crippen LogP contribution in [0.25, 0.3) is 0 Å². The molecule has 98 valence electrons. The van der Waals surface area contributed by atoms with Crippen LogP contribution in [0.5, 0.6) is 0 Å². The summed E-state index contributed by atoms with van der Waals surface area (Å²) in [5.41, 5.74) is 0.525. The zero-order valence-electron chi connectivity index (χ0n) is 9.62. The van der Waals surface area contributed by atoms with Crippen LogP contribution in [0.15, 0.2) is 24.3 Å². The maximum Gasteiger partial charge on any atom is 0.391 e. The topological polar surface area (TPSA) is 46.2 Å². The minimum atomic E-state index is -4.40. The Bertz CT molecular complexity index is 443. The van der Waals surface area contributed by atoms with E-state index in [2.05, 4.69) is 5.32 Å². The van der Waals surface area contributed by atoms with E-state index in [1.54, 1.807) is 0 Å². The number of carbonyl (C=O) groups excluding carboxylic acids is 2. The van der Waals surface area contributed by atoms with E-state index in [0.29, 0.717) is 6.29 Å². The first-order valence-electron chi connectivity index (χ1n) is 5.21. The van der Waals surface area contributed by atoms with Crippen molar-refractivity contribution in [2.45, 2.75) is 25.6 Å². The van der Waals surface area contributed by atoms with Gasteiger partial charge in [-0.15, -0.1) is 0 Å². The molecule has 0 spiro atoms. The van der Waals surface area contributed by atoms with Crippen molar-refractivity contribution in [3.05, 3.63) is 35.4 Å². The van der Waals surface area contributed by atoms with E-state index in [0.717, 1.165) is 6.92 Å². The Hall–Kier alpha value is -1.85. The number of hydrogen-bond donors (Lipinski definition) is 1. The molecule has 1 aromatic rings. The lowest BCUT2D eigenvalue weighted by Gasteiger charge is -2.20. The number of aldehydes is 1. The van der Waals surface area contributed by atoms with Crippen LogP contribution in [0.4, 0.5) is 13.2 Å². The molecule has 1 atom stereocenters. The third-order valence-corrected chi connectivity index (χ3v) is 2.26. The Balaban J connectivity index is 3.00. The van der Waals surface area contributed by atoms with E-state index in [4.69, 9.17) is 0 Å². The molecule has 18 heavy (non-hydrogen) atoms. The number of carbonyl (C=O) groups is 2. The fraction of sp³-hybridized carbons (Fsp3) is 0.333. The monoisotopic (exact) mass is 259 g/mol. The van der Waals surface area contributed by atoms with Gasteiger partial charge < -0.3 is 5.32 Å². The molecule has 6 heteroatoms. The molecule has 0 aliphatic rings. The van der Waals surface area contributed by atoms with Crippen LogP contribution in [0.1, 0.15) is 35.3 Å². The molecule has 1 rings (SSSR count). The molecule has 0 saturated heterocycles. The Labute approximate surface area is 102 Å². The number of benzene rings is 1. The summed E-state index contributed by atoms with van der Waals surface area (Å²) in [5.74, 6) is -0.555. The summed E-state index contributed by atoms with van der Waals surface area (Å²) in [4.78, 5) is 21.5.